The molecule has 1 spiro atoms. The summed E-state index contributed by atoms with van der Waals surface area (Å²) in [5.41, 5.74) is 0.454. The van der Waals surface area contributed by atoms with Crippen LogP contribution in [0.2, 0.25) is 0 Å². The highest BCUT2D eigenvalue weighted by atomic mass is 16.5. The lowest BCUT2D eigenvalue weighted by Crippen LogP contribution is -2.76. The summed E-state index contributed by atoms with van der Waals surface area (Å²) in [7, 11) is 0. The molecule has 1 aromatic rings. The fourth-order valence-corrected chi connectivity index (χ4v) is 6.26. The summed E-state index contributed by atoms with van der Waals surface area (Å²) < 4.78 is 6.04. The van der Waals surface area contributed by atoms with Gasteiger partial charge in [-0.1, -0.05) is 6.07 Å². The van der Waals surface area contributed by atoms with Gasteiger partial charge in [0.05, 0.1) is 11.0 Å². The van der Waals surface area contributed by atoms with Crippen LogP contribution >= 0.6 is 0 Å². The van der Waals surface area contributed by atoms with E-state index in [1.165, 1.54) is 12.8 Å². The van der Waals surface area contributed by atoms with Crippen LogP contribution in [0.25, 0.3) is 0 Å². The molecule has 25 heavy (non-hydrogen) atoms. The molecule has 2 saturated carbocycles. The van der Waals surface area contributed by atoms with Gasteiger partial charge in [-0.05, 0) is 56.2 Å². The Kier molecular flexibility index (Phi) is 2.55. The number of aromatic hydroxyl groups is 1. The maximum atomic E-state index is 12.7. The summed E-state index contributed by atoms with van der Waals surface area (Å²) in [6.07, 6.45) is 4.33. The lowest BCUT2D eigenvalue weighted by atomic mass is 9.49. The first-order valence-electron chi connectivity index (χ1n) is 9.56. The van der Waals surface area contributed by atoms with E-state index in [0.717, 1.165) is 43.0 Å². The third-order valence-electron chi connectivity index (χ3n) is 7.56. The van der Waals surface area contributed by atoms with Crippen molar-refractivity contribution in [3.05, 3.63) is 23.3 Å². The summed E-state index contributed by atoms with van der Waals surface area (Å²) in [5.74, 6) is 1.39. The van der Waals surface area contributed by atoms with Gasteiger partial charge in [0.15, 0.2) is 23.4 Å². The Morgan fingerprint density at radius 1 is 1.28 bits per heavy atom. The van der Waals surface area contributed by atoms with Crippen LogP contribution in [0.3, 0.4) is 0 Å². The molecule has 1 saturated heterocycles. The summed E-state index contributed by atoms with van der Waals surface area (Å²) in [5, 5.41) is 22.3. The van der Waals surface area contributed by atoms with E-state index in [1.807, 2.05) is 6.07 Å². The van der Waals surface area contributed by atoms with Crippen LogP contribution in [0.15, 0.2) is 12.1 Å². The molecule has 0 unspecified atom stereocenters. The van der Waals surface area contributed by atoms with Crippen molar-refractivity contribution >= 4 is 5.78 Å². The average Bonchev–Trinajstić information content (AvgIpc) is 3.32. The fourth-order valence-electron chi connectivity index (χ4n) is 6.26. The molecule has 1 aromatic carbocycles. The fraction of sp³-hybridized carbons (Fsp3) is 0.650. The molecule has 6 rings (SSSR count). The average molecular weight is 341 g/mol. The van der Waals surface area contributed by atoms with Crippen molar-refractivity contribution in [3.63, 3.8) is 0 Å². The molecule has 4 atom stereocenters. The number of phenols is 1. The molecule has 5 nitrogen and oxygen atoms in total. The van der Waals surface area contributed by atoms with Gasteiger partial charge < -0.3 is 14.9 Å². The minimum Gasteiger partial charge on any atom is -0.504 e. The molecule has 2 bridgehead atoms. The van der Waals surface area contributed by atoms with Crippen molar-refractivity contribution in [1.82, 2.24) is 4.90 Å². The number of carbonyl (C=O) groups excluding carboxylic acids is 1. The van der Waals surface area contributed by atoms with E-state index in [4.69, 9.17) is 4.74 Å². The molecule has 0 amide bonds. The van der Waals surface area contributed by atoms with Crippen LogP contribution in [0.5, 0.6) is 11.5 Å². The molecule has 2 aliphatic heterocycles. The van der Waals surface area contributed by atoms with Crippen LogP contribution in [-0.4, -0.2) is 51.7 Å². The summed E-state index contributed by atoms with van der Waals surface area (Å²) in [6.45, 7) is 1.95. The molecule has 2 N–H and O–H groups in total. The maximum Gasteiger partial charge on any atom is 0.174 e. The zero-order valence-electron chi connectivity index (χ0n) is 14.2. The number of carbonyl (C=O) groups is 1. The van der Waals surface area contributed by atoms with Gasteiger partial charge in [0.1, 0.15) is 0 Å². The number of hydrogen-bond acceptors (Lipinski definition) is 5. The number of ketones is 1. The van der Waals surface area contributed by atoms with Crippen molar-refractivity contribution in [2.75, 3.05) is 13.1 Å². The first-order valence-corrected chi connectivity index (χ1v) is 9.56. The predicted molar refractivity (Wildman–Crippen MR) is 89.8 cm³/mol. The Morgan fingerprint density at radius 2 is 2.12 bits per heavy atom. The smallest absolute Gasteiger partial charge is 0.174 e. The molecule has 2 heterocycles. The Morgan fingerprint density at radius 3 is 2.92 bits per heavy atom. The van der Waals surface area contributed by atoms with Crippen LogP contribution in [0.4, 0.5) is 0 Å². The molecule has 5 heteroatoms. The predicted octanol–water partition coefficient (Wildman–Crippen LogP) is 1.53. The Labute approximate surface area is 146 Å². The summed E-state index contributed by atoms with van der Waals surface area (Å²) >= 11 is 0. The van der Waals surface area contributed by atoms with Crippen LogP contribution < -0.4 is 4.74 Å². The quantitative estimate of drug-likeness (QED) is 0.854. The van der Waals surface area contributed by atoms with Crippen LogP contribution in [0, 0.1) is 5.92 Å². The number of piperidine rings is 1. The van der Waals surface area contributed by atoms with E-state index >= 15 is 0 Å². The Bertz CT molecular complexity index is 803. The maximum absolute atomic E-state index is 12.7. The third-order valence-corrected chi connectivity index (χ3v) is 7.56. The molecule has 0 radical (unpaired) electrons. The second kappa shape index (κ2) is 4.38. The minimum atomic E-state index is -0.940. The monoisotopic (exact) mass is 341 g/mol. The number of likely N-dealkylation sites (tertiary alicyclic amines) is 1. The second-order valence-corrected chi connectivity index (χ2v) is 8.72. The number of aliphatic hydroxyl groups is 1. The zero-order valence-corrected chi connectivity index (χ0v) is 14.2. The van der Waals surface area contributed by atoms with Gasteiger partial charge in [-0.25, -0.2) is 0 Å². The van der Waals surface area contributed by atoms with Gasteiger partial charge in [-0.2, -0.15) is 0 Å². The highest BCUT2D eigenvalue weighted by Crippen LogP contribution is 2.64. The van der Waals surface area contributed by atoms with Crippen molar-refractivity contribution in [3.8, 4) is 11.5 Å². The number of benzene rings is 1. The van der Waals surface area contributed by atoms with E-state index in [0.29, 0.717) is 18.6 Å². The van der Waals surface area contributed by atoms with Crippen molar-refractivity contribution < 1.29 is 19.7 Å². The topological polar surface area (TPSA) is 70.0 Å². The largest absolute Gasteiger partial charge is 0.504 e. The molecular formula is C20H23NO4. The summed E-state index contributed by atoms with van der Waals surface area (Å²) in [4.78, 5) is 15.2. The lowest BCUT2D eigenvalue weighted by molar-refractivity contribution is -0.188. The van der Waals surface area contributed by atoms with Gasteiger partial charge in [0.25, 0.3) is 0 Å². The molecule has 5 aliphatic rings. The van der Waals surface area contributed by atoms with Gasteiger partial charge >= 0.3 is 0 Å². The van der Waals surface area contributed by atoms with Gasteiger partial charge in [-0.3, -0.25) is 9.69 Å². The number of nitrogens with zero attached hydrogens (tertiary/aromatic N) is 1. The first-order chi connectivity index (χ1) is 12.0. The van der Waals surface area contributed by atoms with Crippen LogP contribution in [0.1, 0.15) is 43.2 Å². The van der Waals surface area contributed by atoms with E-state index in [2.05, 4.69) is 4.90 Å². The van der Waals surface area contributed by atoms with E-state index in [9.17, 15) is 15.0 Å². The normalized spacial score (nSPS) is 41.4. The van der Waals surface area contributed by atoms with Gasteiger partial charge in [-0.15, -0.1) is 0 Å². The van der Waals surface area contributed by atoms with Crippen molar-refractivity contribution in [1.29, 1.82) is 0 Å². The van der Waals surface area contributed by atoms with Gasteiger partial charge in [0, 0.05) is 24.6 Å². The Hall–Kier alpha value is -1.59. The van der Waals surface area contributed by atoms with E-state index in [-0.39, 0.29) is 17.6 Å². The number of rotatable bonds is 2. The highest BCUT2D eigenvalue weighted by molar-refractivity contribution is 5.90. The van der Waals surface area contributed by atoms with Crippen LogP contribution in [-0.2, 0) is 16.6 Å². The number of Topliss-reactive ketones (excluding diaryl/α,β-unsaturated/α-hetero) is 1. The molecule has 132 valence electrons. The molecular weight excluding hydrogens is 318 g/mol. The number of ether oxygens (including phenoxy) is 1. The van der Waals surface area contributed by atoms with E-state index in [1.54, 1.807) is 6.07 Å². The molecule has 0 aromatic heterocycles. The molecule has 3 aliphatic carbocycles. The number of phenolic OH excluding ortho intramolecular Hbond substituents is 1. The lowest BCUT2D eigenvalue weighted by Gasteiger charge is -2.62. The van der Waals surface area contributed by atoms with Crippen molar-refractivity contribution in [2.45, 2.75) is 61.7 Å². The second-order valence-electron chi connectivity index (χ2n) is 8.72. The third kappa shape index (κ3) is 1.56. The molecule has 3 fully saturated rings. The first kappa shape index (κ1) is 14.6. The number of hydrogen-bond donors (Lipinski definition) is 2. The SMILES string of the molecule is O=C1CC[C@]2(O)[C@H]3Cc4ccc(O)c5c4[C@@]2(CCN3CC2CC2)[C@H]1O5. The zero-order chi connectivity index (χ0) is 17.0. The standard InChI is InChI=1S/C20H23NO4/c22-13-4-3-12-9-15-20(24)6-5-14(23)18-19(20,16(12)17(13)25-18)7-8-21(15)10-11-1-2-11/h3-4,11,15,18,22,24H,1-2,5-10H2/t15-,18+,19+,20+/m1/s1. The van der Waals surface area contributed by atoms with Gasteiger partial charge in [0.2, 0.25) is 0 Å². The minimum absolute atomic E-state index is 0.0454. The summed E-state index contributed by atoms with van der Waals surface area (Å²) in [6, 6.07) is 3.69. The highest BCUT2D eigenvalue weighted by Gasteiger charge is 2.73. The van der Waals surface area contributed by atoms with Crippen molar-refractivity contribution in [2.24, 2.45) is 5.92 Å². The Balaban J connectivity index is 1.58. The van der Waals surface area contributed by atoms with E-state index < -0.39 is 17.1 Å².